The van der Waals surface area contributed by atoms with Crippen LogP contribution in [0.15, 0.2) is 51.9 Å². The molecule has 0 aliphatic carbocycles. The van der Waals surface area contributed by atoms with Crippen LogP contribution in [0.4, 0.5) is 16.2 Å². The van der Waals surface area contributed by atoms with Gasteiger partial charge in [-0.1, -0.05) is 68.8 Å². The Balaban J connectivity index is 1.81. The molecule has 37 heavy (non-hydrogen) atoms. The van der Waals surface area contributed by atoms with E-state index in [0.717, 1.165) is 45.6 Å². The minimum Gasteiger partial charge on any atom is -0.465 e. The monoisotopic (exact) mass is 635 g/mol. The normalized spacial score (nSPS) is 16.2. The number of methoxy groups -OCH3 is 2. The van der Waals surface area contributed by atoms with Gasteiger partial charge >= 0.3 is 18.0 Å². The number of anilines is 2. The molecule has 2 aliphatic rings. The fourth-order valence-electron chi connectivity index (χ4n) is 3.15. The van der Waals surface area contributed by atoms with Crippen LogP contribution in [0.5, 0.6) is 0 Å². The minimum absolute atomic E-state index is 0.0425. The number of nitrogens with zero attached hydrogens (tertiary/aromatic N) is 2. The van der Waals surface area contributed by atoms with Gasteiger partial charge in [0.2, 0.25) is 0 Å². The number of fused-ring (bicyclic) bond motifs is 1. The first-order valence-corrected chi connectivity index (χ1v) is 15.5. The van der Waals surface area contributed by atoms with Gasteiger partial charge in [-0.3, -0.25) is 4.79 Å². The molecule has 2 aromatic rings. The Bertz CT molecular complexity index is 1430. The highest BCUT2D eigenvalue weighted by molar-refractivity contribution is 8.29. The van der Waals surface area contributed by atoms with Crippen LogP contribution in [0.3, 0.4) is 0 Å². The van der Waals surface area contributed by atoms with Crippen molar-refractivity contribution in [3.05, 3.63) is 57.5 Å². The Morgan fingerprint density at radius 2 is 1.68 bits per heavy atom. The standard InChI is InChI=1S/C21H15Cl2N3O6S5/c1-4-26-11(19-33-13(16(27)31-2)14(34-19)17(28)32-3)15(35-20-12(26)18(29)36-37-20)25-21(30)24-10-6-5-8(22)7-9(10)23/h5-7H,4H2,1-3H3,(H,24,30)/b25-15-. The lowest BCUT2D eigenvalue weighted by Gasteiger charge is -2.31. The number of rotatable bonds is 4. The van der Waals surface area contributed by atoms with E-state index in [0.29, 0.717) is 37.1 Å². The SMILES string of the molecule is CCN1C(=C2SC(C(=O)OC)=C(C(=O)OC)S2)/C(=N/C(=O)Nc2ccc(Cl)cc2Cl)Sc2ssc(=O)c21. The summed E-state index contributed by atoms with van der Waals surface area (Å²) in [6, 6.07) is 3.90. The summed E-state index contributed by atoms with van der Waals surface area (Å²) < 4.78 is 10.7. The predicted octanol–water partition coefficient (Wildman–Crippen LogP) is 6.25. The second-order valence-electron chi connectivity index (χ2n) is 6.89. The average Bonchev–Trinajstić information content (AvgIpc) is 3.48. The third-order valence-electron chi connectivity index (χ3n) is 4.73. The van der Waals surface area contributed by atoms with Crippen LogP contribution in [0, 0.1) is 0 Å². The second-order valence-corrected chi connectivity index (χ2v) is 13.4. The fraction of sp³-hybridized carbons (Fsp3) is 0.190. The fourth-order valence-corrected chi connectivity index (χ4v) is 10.00. The van der Waals surface area contributed by atoms with Gasteiger partial charge in [0.25, 0.3) is 4.74 Å². The highest BCUT2D eigenvalue weighted by atomic mass is 35.5. The van der Waals surface area contributed by atoms with Crippen LogP contribution in [0.1, 0.15) is 6.92 Å². The van der Waals surface area contributed by atoms with Crippen LogP contribution in [-0.4, -0.2) is 43.8 Å². The summed E-state index contributed by atoms with van der Waals surface area (Å²) in [5.74, 6) is -1.42. The molecule has 0 fully saturated rings. The van der Waals surface area contributed by atoms with Gasteiger partial charge in [-0.25, -0.2) is 14.4 Å². The Morgan fingerprint density at radius 1 is 1.03 bits per heavy atom. The van der Waals surface area contributed by atoms with Crippen molar-refractivity contribution in [2.75, 3.05) is 31.0 Å². The molecule has 0 saturated heterocycles. The van der Waals surface area contributed by atoms with Crippen molar-refractivity contribution < 1.29 is 23.9 Å². The smallest absolute Gasteiger partial charge is 0.346 e. The number of thioether (sulfide) groups is 3. The van der Waals surface area contributed by atoms with Gasteiger partial charge in [0, 0.05) is 11.6 Å². The van der Waals surface area contributed by atoms with E-state index in [1.165, 1.54) is 30.6 Å². The third-order valence-corrected chi connectivity index (χ3v) is 11.5. The van der Waals surface area contributed by atoms with Gasteiger partial charge in [-0.2, -0.15) is 4.99 Å². The Kier molecular flexibility index (Phi) is 8.99. The summed E-state index contributed by atoms with van der Waals surface area (Å²) >= 11 is 15.3. The zero-order valence-corrected chi connectivity index (χ0v) is 24.7. The third kappa shape index (κ3) is 5.75. The Labute approximate surface area is 240 Å². The quantitative estimate of drug-likeness (QED) is 0.305. The van der Waals surface area contributed by atoms with Crippen LogP contribution in [-0.2, 0) is 19.1 Å². The average molecular weight is 637 g/mol. The Morgan fingerprint density at radius 3 is 2.24 bits per heavy atom. The number of hydrogen-bond acceptors (Lipinski definition) is 12. The van der Waals surface area contributed by atoms with Crippen molar-refractivity contribution in [1.29, 1.82) is 0 Å². The van der Waals surface area contributed by atoms with Gasteiger partial charge in [-0.15, -0.1) is 0 Å². The molecule has 4 rings (SSSR count). The van der Waals surface area contributed by atoms with Gasteiger partial charge in [-0.05, 0) is 35.5 Å². The molecule has 2 amide bonds. The summed E-state index contributed by atoms with van der Waals surface area (Å²) in [7, 11) is 4.76. The van der Waals surface area contributed by atoms with E-state index < -0.39 is 18.0 Å². The summed E-state index contributed by atoms with van der Waals surface area (Å²) in [6.07, 6.45) is 0. The highest BCUT2D eigenvalue weighted by Gasteiger charge is 2.39. The van der Waals surface area contributed by atoms with Gasteiger partial charge in [0.05, 0.1) is 34.9 Å². The molecule has 2 aliphatic heterocycles. The maximum atomic E-state index is 13.0. The molecular formula is C21H15Cl2N3O6S5. The van der Waals surface area contributed by atoms with Crippen molar-refractivity contribution in [3.63, 3.8) is 0 Å². The maximum Gasteiger partial charge on any atom is 0.346 e. The van der Waals surface area contributed by atoms with Crippen LogP contribution in [0.25, 0.3) is 0 Å². The summed E-state index contributed by atoms with van der Waals surface area (Å²) in [5, 5.41) is 3.55. The van der Waals surface area contributed by atoms with Crippen molar-refractivity contribution in [1.82, 2.24) is 0 Å². The number of nitrogens with one attached hydrogen (secondary N) is 1. The molecule has 0 atom stereocenters. The first-order valence-electron chi connectivity index (χ1n) is 10.1. The van der Waals surface area contributed by atoms with Gasteiger partial charge in [0.15, 0.2) is 0 Å². The number of carbonyl (C=O) groups is 3. The summed E-state index contributed by atoms with van der Waals surface area (Å²) in [4.78, 5) is 56.6. The number of hydrogen-bond donors (Lipinski definition) is 1. The van der Waals surface area contributed by atoms with E-state index in [9.17, 15) is 19.2 Å². The number of carbonyl (C=O) groups excluding carboxylic acids is 3. The zero-order valence-electron chi connectivity index (χ0n) is 19.1. The molecule has 3 heterocycles. The topological polar surface area (TPSA) is 114 Å². The molecule has 16 heteroatoms. The first-order chi connectivity index (χ1) is 17.7. The molecule has 0 spiro atoms. The molecule has 0 bridgehead atoms. The number of aliphatic imine (C=N–C) groups is 1. The Hall–Kier alpha value is -1.94. The lowest BCUT2D eigenvalue weighted by Crippen LogP contribution is -2.33. The predicted molar refractivity (Wildman–Crippen MR) is 154 cm³/mol. The van der Waals surface area contributed by atoms with E-state index in [1.807, 2.05) is 6.92 Å². The van der Waals surface area contributed by atoms with E-state index in [-0.39, 0.29) is 24.6 Å². The van der Waals surface area contributed by atoms with Gasteiger partial charge in [0.1, 0.15) is 24.8 Å². The highest BCUT2D eigenvalue weighted by Crippen LogP contribution is 2.55. The molecular weight excluding hydrogens is 621 g/mol. The molecule has 9 nitrogen and oxygen atoms in total. The van der Waals surface area contributed by atoms with Crippen LogP contribution in [0.2, 0.25) is 10.0 Å². The number of urea groups is 1. The molecule has 0 radical (unpaired) electrons. The lowest BCUT2D eigenvalue weighted by molar-refractivity contribution is -0.138. The number of amides is 2. The van der Waals surface area contributed by atoms with E-state index in [4.69, 9.17) is 32.7 Å². The number of esters is 2. The number of benzene rings is 1. The molecule has 1 N–H and O–H groups in total. The molecule has 1 aromatic carbocycles. The molecule has 0 unspecified atom stereocenters. The van der Waals surface area contributed by atoms with Crippen molar-refractivity contribution in [2.45, 2.75) is 11.1 Å². The molecule has 0 saturated carbocycles. The largest absolute Gasteiger partial charge is 0.465 e. The van der Waals surface area contributed by atoms with E-state index >= 15 is 0 Å². The van der Waals surface area contributed by atoms with Crippen LogP contribution < -0.4 is 15.0 Å². The number of ether oxygens (including phenoxy) is 2. The molecule has 194 valence electrons. The lowest BCUT2D eigenvalue weighted by atomic mass is 10.3. The number of halogens is 2. The summed E-state index contributed by atoms with van der Waals surface area (Å²) in [5.41, 5.74) is 1.18. The first kappa shape index (κ1) is 28.1. The van der Waals surface area contributed by atoms with Gasteiger partial charge < -0.3 is 19.7 Å². The minimum atomic E-state index is -0.714. The van der Waals surface area contributed by atoms with Crippen molar-refractivity contribution >= 4 is 114 Å². The van der Waals surface area contributed by atoms with Crippen molar-refractivity contribution in [2.24, 2.45) is 4.99 Å². The summed E-state index contributed by atoms with van der Waals surface area (Å²) in [6.45, 7) is 2.20. The maximum absolute atomic E-state index is 13.0. The van der Waals surface area contributed by atoms with Crippen molar-refractivity contribution in [3.8, 4) is 0 Å². The van der Waals surface area contributed by atoms with Crippen LogP contribution >= 0.6 is 79.2 Å². The van der Waals surface area contributed by atoms with E-state index in [2.05, 4.69) is 10.3 Å². The molecule has 1 aromatic heterocycles. The second kappa shape index (κ2) is 11.8. The van der Waals surface area contributed by atoms with E-state index in [1.54, 1.807) is 17.0 Å². The zero-order chi connectivity index (χ0) is 26.9.